The highest BCUT2D eigenvalue weighted by Crippen LogP contribution is 2.25. The fourth-order valence-electron chi connectivity index (χ4n) is 1.84. The highest BCUT2D eigenvalue weighted by atomic mass is 14.1. The molecule has 2 aromatic carbocycles. The molecule has 0 spiro atoms. The molecule has 2 radical (unpaired) electrons. The van der Waals surface area contributed by atoms with Crippen LogP contribution in [-0.2, 0) is 0 Å². The van der Waals surface area contributed by atoms with E-state index in [9.17, 15) is 0 Å². The van der Waals surface area contributed by atoms with Crippen LogP contribution < -0.4 is 0 Å². The van der Waals surface area contributed by atoms with Gasteiger partial charge in [0, 0.05) is 6.42 Å². The van der Waals surface area contributed by atoms with E-state index in [4.69, 9.17) is 0 Å². The lowest BCUT2D eigenvalue weighted by Crippen LogP contribution is -1.98. The summed E-state index contributed by atoms with van der Waals surface area (Å²) >= 11 is 0. The van der Waals surface area contributed by atoms with Gasteiger partial charge in [0.2, 0.25) is 0 Å². The Kier molecular flexibility index (Phi) is 3.76. The van der Waals surface area contributed by atoms with Crippen LogP contribution in [0.15, 0.2) is 60.7 Å². The molecule has 1 atom stereocenters. The van der Waals surface area contributed by atoms with Crippen molar-refractivity contribution in [1.82, 2.24) is 0 Å². The molecule has 80 valence electrons. The van der Waals surface area contributed by atoms with Crippen molar-refractivity contribution in [1.29, 1.82) is 0 Å². The summed E-state index contributed by atoms with van der Waals surface area (Å²) in [6.07, 6.45) is 4.63. The molecule has 0 aromatic heterocycles. The van der Waals surface area contributed by atoms with Gasteiger partial charge in [-0.05, 0) is 23.5 Å². The third-order valence-corrected chi connectivity index (χ3v) is 2.72. The van der Waals surface area contributed by atoms with Crippen molar-refractivity contribution in [2.45, 2.75) is 19.3 Å². The molecule has 16 heavy (non-hydrogen) atoms. The Labute approximate surface area is 97.9 Å². The molecular formula is C16H16. The van der Waals surface area contributed by atoms with E-state index in [1.807, 2.05) is 6.07 Å². The normalized spacial score (nSPS) is 12.3. The van der Waals surface area contributed by atoms with Gasteiger partial charge in [-0.2, -0.15) is 0 Å². The third-order valence-electron chi connectivity index (χ3n) is 2.72. The second kappa shape index (κ2) is 5.50. The molecule has 1 unspecified atom stereocenters. The first-order valence-corrected chi connectivity index (χ1v) is 5.76. The van der Waals surface area contributed by atoms with E-state index in [0.29, 0.717) is 5.92 Å². The van der Waals surface area contributed by atoms with Crippen LogP contribution in [0.1, 0.15) is 30.4 Å². The fraction of sp³-hybridized carbons (Fsp3) is 0.188. The number of benzene rings is 2. The Morgan fingerprint density at radius 3 is 2.00 bits per heavy atom. The van der Waals surface area contributed by atoms with Crippen molar-refractivity contribution >= 4 is 0 Å². The van der Waals surface area contributed by atoms with Gasteiger partial charge in [0.25, 0.3) is 0 Å². The van der Waals surface area contributed by atoms with Gasteiger partial charge >= 0.3 is 0 Å². The highest BCUT2D eigenvalue weighted by molar-refractivity contribution is 5.31. The van der Waals surface area contributed by atoms with Gasteiger partial charge < -0.3 is 0 Å². The maximum absolute atomic E-state index is 3.54. The van der Waals surface area contributed by atoms with Crippen LogP contribution in [0.4, 0.5) is 0 Å². The molecule has 0 heteroatoms. The van der Waals surface area contributed by atoms with Crippen molar-refractivity contribution < 1.29 is 0 Å². The van der Waals surface area contributed by atoms with Crippen LogP contribution in [0.5, 0.6) is 0 Å². The van der Waals surface area contributed by atoms with Crippen LogP contribution in [0.3, 0.4) is 0 Å². The van der Waals surface area contributed by atoms with Crippen LogP contribution >= 0.6 is 0 Å². The first kappa shape index (κ1) is 10.9. The monoisotopic (exact) mass is 208 g/mol. The summed E-state index contributed by atoms with van der Waals surface area (Å²) in [4.78, 5) is 0. The number of hydrogen-bond donors (Lipinski definition) is 0. The zero-order chi connectivity index (χ0) is 11.2. The fourth-order valence-corrected chi connectivity index (χ4v) is 1.84. The molecule has 0 N–H and O–H groups in total. The summed E-state index contributed by atoms with van der Waals surface area (Å²) in [7, 11) is 0. The molecule has 0 aliphatic carbocycles. The van der Waals surface area contributed by atoms with E-state index < -0.39 is 0 Å². The number of hydrogen-bond acceptors (Lipinski definition) is 0. The van der Waals surface area contributed by atoms with E-state index in [2.05, 4.69) is 67.9 Å². The maximum atomic E-state index is 3.54. The van der Waals surface area contributed by atoms with Crippen molar-refractivity contribution in [2.24, 2.45) is 0 Å². The summed E-state index contributed by atoms with van der Waals surface area (Å²) in [5, 5.41) is 0. The highest BCUT2D eigenvalue weighted by Gasteiger charge is 2.10. The summed E-state index contributed by atoms with van der Waals surface area (Å²) in [6, 6.07) is 20.9. The summed E-state index contributed by atoms with van der Waals surface area (Å²) in [6.45, 7) is 2.20. The molecular weight excluding hydrogens is 192 g/mol. The summed E-state index contributed by atoms with van der Waals surface area (Å²) < 4.78 is 0. The molecule has 0 aliphatic rings. The molecule has 0 heterocycles. The Hall–Kier alpha value is -1.56. The molecule has 0 nitrogen and oxygen atoms in total. The largest absolute Gasteiger partial charge is 0.0648 e. The second-order valence-electron chi connectivity index (χ2n) is 3.88. The van der Waals surface area contributed by atoms with Crippen molar-refractivity contribution in [3.63, 3.8) is 0 Å². The minimum absolute atomic E-state index is 0.392. The van der Waals surface area contributed by atoms with Crippen molar-refractivity contribution in [2.75, 3.05) is 0 Å². The molecule has 0 aliphatic heterocycles. The second-order valence-corrected chi connectivity index (χ2v) is 3.88. The minimum Gasteiger partial charge on any atom is -0.0648 e. The minimum atomic E-state index is 0.392. The van der Waals surface area contributed by atoms with E-state index in [0.717, 1.165) is 6.42 Å². The lowest BCUT2D eigenvalue weighted by Gasteiger charge is -2.14. The predicted octanol–water partition coefficient (Wildman–Crippen LogP) is 4.31. The molecule has 0 amide bonds. The van der Waals surface area contributed by atoms with E-state index in [-0.39, 0.29) is 0 Å². The molecule has 0 bridgehead atoms. The van der Waals surface area contributed by atoms with Gasteiger partial charge in [0.05, 0.1) is 0 Å². The SMILES string of the molecule is CCC([C]c1ccccc1)c1ccccc1. The molecule has 2 aromatic rings. The Morgan fingerprint density at radius 1 is 0.875 bits per heavy atom. The zero-order valence-electron chi connectivity index (χ0n) is 9.56. The van der Waals surface area contributed by atoms with Crippen molar-refractivity contribution in [3.05, 3.63) is 78.2 Å². The first-order valence-electron chi connectivity index (χ1n) is 5.76. The zero-order valence-corrected chi connectivity index (χ0v) is 9.56. The Bertz CT molecular complexity index is 403. The smallest absolute Gasteiger partial charge is 0.0245 e. The van der Waals surface area contributed by atoms with Gasteiger partial charge in [-0.3, -0.25) is 0 Å². The van der Waals surface area contributed by atoms with E-state index >= 15 is 0 Å². The van der Waals surface area contributed by atoms with Gasteiger partial charge in [-0.1, -0.05) is 67.6 Å². The summed E-state index contributed by atoms with van der Waals surface area (Å²) in [5.74, 6) is 0.392. The predicted molar refractivity (Wildman–Crippen MR) is 68.3 cm³/mol. The van der Waals surface area contributed by atoms with Crippen molar-refractivity contribution in [3.8, 4) is 0 Å². The molecule has 2 rings (SSSR count). The van der Waals surface area contributed by atoms with Crippen LogP contribution in [0, 0.1) is 6.42 Å². The van der Waals surface area contributed by atoms with Crippen LogP contribution in [-0.4, -0.2) is 0 Å². The van der Waals surface area contributed by atoms with Crippen LogP contribution in [0.25, 0.3) is 0 Å². The molecule has 0 saturated heterocycles. The standard InChI is InChI=1S/C16H16/c1-2-15(16-11-7-4-8-12-16)13-14-9-5-3-6-10-14/h3-12,15H,2H2,1H3. The quantitative estimate of drug-likeness (QED) is 0.702. The van der Waals surface area contributed by atoms with Crippen LogP contribution in [0.2, 0.25) is 0 Å². The van der Waals surface area contributed by atoms with E-state index in [1.54, 1.807) is 0 Å². The van der Waals surface area contributed by atoms with Gasteiger partial charge in [-0.25, -0.2) is 0 Å². The number of rotatable bonds is 4. The van der Waals surface area contributed by atoms with Gasteiger partial charge in [0.15, 0.2) is 0 Å². The Morgan fingerprint density at radius 2 is 1.44 bits per heavy atom. The molecule has 0 saturated carbocycles. The lowest BCUT2D eigenvalue weighted by molar-refractivity contribution is 0.765. The molecule has 0 fully saturated rings. The summed E-state index contributed by atoms with van der Waals surface area (Å²) in [5.41, 5.74) is 2.52. The van der Waals surface area contributed by atoms with Gasteiger partial charge in [0.1, 0.15) is 0 Å². The average Bonchev–Trinajstić information content (AvgIpc) is 2.38. The third kappa shape index (κ3) is 2.73. The Balaban J connectivity index is 2.13. The first-order chi connectivity index (χ1) is 7.90. The topological polar surface area (TPSA) is 0 Å². The average molecular weight is 208 g/mol. The van der Waals surface area contributed by atoms with Gasteiger partial charge in [-0.15, -0.1) is 0 Å². The lowest BCUT2D eigenvalue weighted by atomic mass is 9.90. The maximum Gasteiger partial charge on any atom is 0.0245 e. The van der Waals surface area contributed by atoms with E-state index in [1.165, 1.54) is 11.1 Å².